The van der Waals surface area contributed by atoms with Gasteiger partial charge >= 0.3 is 5.69 Å². The van der Waals surface area contributed by atoms with E-state index in [1.54, 1.807) is 0 Å². The average Bonchev–Trinajstić information content (AvgIpc) is 2.45. The normalized spacial score (nSPS) is 13.9. The number of aliphatic hydroxyl groups is 1. The quantitative estimate of drug-likeness (QED) is 0.429. The zero-order valence-electron chi connectivity index (χ0n) is 11.8. The summed E-state index contributed by atoms with van der Waals surface area (Å²) in [6.45, 7) is -0.334. The molecule has 4 N–H and O–H groups in total. The Morgan fingerprint density at radius 1 is 1.55 bits per heavy atom. The molecule has 122 valence electrons. The summed E-state index contributed by atoms with van der Waals surface area (Å²) in [5, 5.41) is 12.1. The number of carbonyl (C=O) groups is 1. The minimum atomic E-state index is -1.14. The minimum Gasteiger partial charge on any atom is -0.394 e. The number of rotatable bonds is 8. The van der Waals surface area contributed by atoms with Crippen molar-refractivity contribution in [3.63, 3.8) is 0 Å². The van der Waals surface area contributed by atoms with Gasteiger partial charge in [0.2, 0.25) is 5.91 Å². The molecule has 1 heterocycles. The number of hydrogen-bond donors (Lipinski definition) is 4. The number of aliphatic hydroxyl groups excluding tert-OH is 1. The fourth-order valence-electron chi connectivity index (χ4n) is 1.50. The Balaban J connectivity index is 2.63. The third-order valence-electron chi connectivity index (χ3n) is 2.47. The van der Waals surface area contributed by atoms with Crippen LogP contribution in [0.3, 0.4) is 0 Å². The lowest BCUT2D eigenvalue weighted by atomic mass is 10.3. The number of H-pyrrole nitrogens is 2. The molecule has 2 atom stereocenters. The van der Waals surface area contributed by atoms with Crippen molar-refractivity contribution in [2.24, 2.45) is 0 Å². The third-order valence-corrected chi connectivity index (χ3v) is 5.23. The van der Waals surface area contributed by atoms with E-state index in [9.17, 15) is 23.7 Å². The standard InChI is InChI=1S/C12H17N3O5S2/c1-21-7-22(20)6-9(5-16)14-10(17)3-2-8-4-13-12(19)15-11(8)18/h2-4,9,16H,5-7H2,1H3,(H,14,17)(H2,13,15,18,19)/b3-2+. The lowest BCUT2D eigenvalue weighted by Gasteiger charge is -2.14. The molecular formula is C12H17N3O5S2. The van der Waals surface area contributed by atoms with Crippen LogP contribution in [0.25, 0.3) is 6.08 Å². The Bertz CT molecular complexity index is 667. The van der Waals surface area contributed by atoms with Crippen LogP contribution < -0.4 is 16.6 Å². The maximum atomic E-state index is 11.7. The first-order chi connectivity index (χ1) is 10.5. The SMILES string of the molecule is CSCS(=O)CC(CO)NC(=O)/C=C/c1c[nH]c(=O)[nH]c1=O. The molecule has 0 bridgehead atoms. The molecule has 1 amide bonds. The Morgan fingerprint density at radius 2 is 2.27 bits per heavy atom. The van der Waals surface area contributed by atoms with Crippen LogP contribution in [0.15, 0.2) is 21.9 Å². The van der Waals surface area contributed by atoms with Gasteiger partial charge in [0.15, 0.2) is 0 Å². The molecule has 0 aliphatic heterocycles. The first-order valence-corrected chi connectivity index (χ1v) is 9.09. The van der Waals surface area contributed by atoms with Crippen molar-refractivity contribution < 1.29 is 14.1 Å². The van der Waals surface area contributed by atoms with Crippen LogP contribution >= 0.6 is 11.8 Å². The maximum Gasteiger partial charge on any atom is 0.325 e. The van der Waals surface area contributed by atoms with Crippen LogP contribution in [0.1, 0.15) is 5.56 Å². The number of aromatic nitrogens is 2. The Morgan fingerprint density at radius 3 is 2.86 bits per heavy atom. The van der Waals surface area contributed by atoms with Crippen molar-refractivity contribution in [3.8, 4) is 0 Å². The summed E-state index contributed by atoms with van der Waals surface area (Å²) in [5.74, 6) is -0.387. The molecule has 0 saturated heterocycles. The fourth-order valence-corrected chi connectivity index (χ4v) is 3.58. The zero-order valence-corrected chi connectivity index (χ0v) is 13.5. The topological polar surface area (TPSA) is 132 Å². The molecule has 10 heteroatoms. The summed E-state index contributed by atoms with van der Waals surface area (Å²) < 4.78 is 11.6. The van der Waals surface area contributed by atoms with Crippen LogP contribution in [-0.4, -0.2) is 54.9 Å². The summed E-state index contributed by atoms with van der Waals surface area (Å²) in [4.78, 5) is 38.3. The van der Waals surface area contributed by atoms with E-state index in [0.29, 0.717) is 5.08 Å². The second kappa shape index (κ2) is 9.38. The highest BCUT2D eigenvalue weighted by Gasteiger charge is 2.13. The Kier molecular flexibility index (Phi) is 7.85. The minimum absolute atomic E-state index is 0.112. The number of thioether (sulfide) groups is 1. The highest BCUT2D eigenvalue weighted by atomic mass is 32.2. The molecule has 8 nitrogen and oxygen atoms in total. The van der Waals surface area contributed by atoms with Crippen molar-refractivity contribution >= 4 is 34.5 Å². The lowest BCUT2D eigenvalue weighted by Crippen LogP contribution is -2.40. The van der Waals surface area contributed by atoms with E-state index >= 15 is 0 Å². The van der Waals surface area contributed by atoms with Gasteiger partial charge in [0.25, 0.3) is 5.56 Å². The van der Waals surface area contributed by atoms with Gasteiger partial charge < -0.3 is 15.4 Å². The molecule has 2 unspecified atom stereocenters. The molecule has 0 aliphatic rings. The van der Waals surface area contributed by atoms with Gasteiger partial charge in [-0.05, 0) is 12.3 Å². The molecule has 22 heavy (non-hydrogen) atoms. The molecule has 0 aromatic carbocycles. The lowest BCUT2D eigenvalue weighted by molar-refractivity contribution is -0.117. The smallest absolute Gasteiger partial charge is 0.325 e. The molecular weight excluding hydrogens is 330 g/mol. The van der Waals surface area contributed by atoms with Crippen LogP contribution in [0.2, 0.25) is 0 Å². The van der Waals surface area contributed by atoms with Gasteiger partial charge in [0, 0.05) is 28.8 Å². The largest absolute Gasteiger partial charge is 0.394 e. The van der Waals surface area contributed by atoms with Crippen LogP contribution in [-0.2, 0) is 15.6 Å². The van der Waals surface area contributed by atoms with Gasteiger partial charge in [0.05, 0.1) is 23.3 Å². The molecule has 0 spiro atoms. The van der Waals surface area contributed by atoms with E-state index in [4.69, 9.17) is 0 Å². The van der Waals surface area contributed by atoms with Crippen molar-refractivity contribution in [1.82, 2.24) is 15.3 Å². The second-order valence-corrected chi connectivity index (χ2v) is 6.99. The summed E-state index contributed by atoms with van der Waals surface area (Å²) in [6.07, 6.45) is 5.33. The number of aromatic amines is 2. The predicted octanol–water partition coefficient (Wildman–Crippen LogP) is -1.38. The molecule has 0 aliphatic carbocycles. The van der Waals surface area contributed by atoms with Crippen LogP contribution in [0.4, 0.5) is 0 Å². The van der Waals surface area contributed by atoms with Gasteiger partial charge in [-0.25, -0.2) is 4.79 Å². The van der Waals surface area contributed by atoms with Gasteiger partial charge in [0.1, 0.15) is 0 Å². The molecule has 1 aromatic heterocycles. The van der Waals surface area contributed by atoms with E-state index in [-0.39, 0.29) is 17.9 Å². The number of amides is 1. The zero-order chi connectivity index (χ0) is 16.5. The van der Waals surface area contributed by atoms with E-state index < -0.39 is 34.0 Å². The fraction of sp³-hybridized carbons (Fsp3) is 0.417. The predicted molar refractivity (Wildman–Crippen MR) is 87.1 cm³/mol. The van der Waals surface area contributed by atoms with Crippen molar-refractivity contribution in [2.45, 2.75) is 6.04 Å². The maximum absolute atomic E-state index is 11.7. The summed E-state index contributed by atoms with van der Waals surface area (Å²) in [6, 6.07) is -0.626. The Labute approximate surface area is 132 Å². The van der Waals surface area contributed by atoms with Gasteiger partial charge in [-0.15, -0.1) is 0 Å². The van der Waals surface area contributed by atoms with Crippen molar-refractivity contribution in [3.05, 3.63) is 38.7 Å². The average molecular weight is 347 g/mol. The highest BCUT2D eigenvalue weighted by molar-refractivity contribution is 8.09. The molecule has 0 radical (unpaired) electrons. The third kappa shape index (κ3) is 6.41. The molecule has 1 aromatic rings. The van der Waals surface area contributed by atoms with Crippen LogP contribution in [0, 0.1) is 0 Å². The summed E-state index contributed by atoms with van der Waals surface area (Å²) in [5.41, 5.74) is -1.14. The van der Waals surface area contributed by atoms with E-state index in [1.807, 2.05) is 11.2 Å². The molecule has 1 rings (SSSR count). The van der Waals surface area contributed by atoms with E-state index in [0.717, 1.165) is 6.08 Å². The number of nitrogens with one attached hydrogen (secondary N) is 3. The van der Waals surface area contributed by atoms with E-state index in [2.05, 4.69) is 10.3 Å². The number of carbonyl (C=O) groups excluding carboxylic acids is 1. The van der Waals surface area contributed by atoms with Gasteiger partial charge in [-0.3, -0.25) is 18.8 Å². The first kappa shape index (κ1) is 18.4. The molecule has 0 fully saturated rings. The monoisotopic (exact) mass is 347 g/mol. The first-order valence-electron chi connectivity index (χ1n) is 6.21. The van der Waals surface area contributed by atoms with E-state index in [1.165, 1.54) is 24.0 Å². The summed E-state index contributed by atoms with van der Waals surface area (Å²) in [7, 11) is -1.14. The van der Waals surface area contributed by atoms with Gasteiger partial charge in [-0.2, -0.15) is 11.8 Å². The van der Waals surface area contributed by atoms with Gasteiger partial charge in [-0.1, -0.05) is 0 Å². The number of hydrogen-bond acceptors (Lipinski definition) is 6. The summed E-state index contributed by atoms with van der Waals surface area (Å²) >= 11 is 1.42. The van der Waals surface area contributed by atoms with Crippen molar-refractivity contribution in [1.29, 1.82) is 0 Å². The Hall–Kier alpha value is -1.65. The highest BCUT2D eigenvalue weighted by Crippen LogP contribution is 1.99. The van der Waals surface area contributed by atoms with Crippen molar-refractivity contribution in [2.75, 3.05) is 23.7 Å². The van der Waals surface area contributed by atoms with Crippen LogP contribution in [0.5, 0.6) is 0 Å². The molecule has 0 saturated carbocycles. The second-order valence-electron chi connectivity index (χ2n) is 4.26.